The smallest absolute Gasteiger partial charge is 0.229 e. The summed E-state index contributed by atoms with van der Waals surface area (Å²) in [5, 5.41) is 11.0. The third kappa shape index (κ3) is 4.20. The van der Waals surface area contributed by atoms with Crippen LogP contribution in [0.3, 0.4) is 0 Å². The molecular formula is C25H23FN4O. The van der Waals surface area contributed by atoms with Gasteiger partial charge in [0.15, 0.2) is 0 Å². The largest absolute Gasteiger partial charge is 0.326 e. The molecule has 0 saturated carbocycles. The highest BCUT2D eigenvalue weighted by atomic mass is 19.1. The van der Waals surface area contributed by atoms with E-state index in [1.165, 1.54) is 17.7 Å². The van der Waals surface area contributed by atoms with Crippen LogP contribution in [0.25, 0.3) is 10.9 Å². The first-order chi connectivity index (χ1) is 15.2. The quantitative estimate of drug-likeness (QED) is 0.503. The van der Waals surface area contributed by atoms with Gasteiger partial charge >= 0.3 is 0 Å². The Labute approximate surface area is 179 Å². The van der Waals surface area contributed by atoms with Crippen LogP contribution in [0.15, 0.2) is 79.0 Å². The summed E-state index contributed by atoms with van der Waals surface area (Å²) in [6.07, 6.45) is 1.74. The molecule has 2 N–H and O–H groups in total. The van der Waals surface area contributed by atoms with E-state index in [0.717, 1.165) is 35.2 Å². The van der Waals surface area contributed by atoms with E-state index < -0.39 is 0 Å². The predicted octanol–water partition coefficient (Wildman–Crippen LogP) is 4.56. The highest BCUT2D eigenvalue weighted by molar-refractivity contribution is 5.95. The zero-order chi connectivity index (χ0) is 21.2. The number of H-pyrrole nitrogens is 1. The molecule has 1 fully saturated rings. The highest BCUT2D eigenvalue weighted by Crippen LogP contribution is 2.34. The number of aromatic amines is 1. The lowest BCUT2D eigenvalue weighted by Crippen LogP contribution is -2.28. The average molecular weight is 414 g/mol. The van der Waals surface area contributed by atoms with Gasteiger partial charge in [0.05, 0.1) is 17.6 Å². The van der Waals surface area contributed by atoms with E-state index in [1.807, 2.05) is 36.4 Å². The topological polar surface area (TPSA) is 61.0 Å². The Balaban J connectivity index is 1.38. The normalized spacial score (nSPS) is 19.0. The Bertz CT molecular complexity index is 1190. The first-order valence-electron chi connectivity index (χ1n) is 10.4. The molecule has 2 atom stereocenters. The van der Waals surface area contributed by atoms with Gasteiger partial charge in [-0.05, 0) is 41.5 Å². The molecule has 0 aliphatic carbocycles. The molecule has 1 amide bonds. The van der Waals surface area contributed by atoms with E-state index in [2.05, 4.69) is 32.5 Å². The van der Waals surface area contributed by atoms with Gasteiger partial charge in [0.2, 0.25) is 5.91 Å². The zero-order valence-electron chi connectivity index (χ0n) is 17.0. The van der Waals surface area contributed by atoms with E-state index in [-0.39, 0.29) is 23.6 Å². The number of anilines is 1. The number of halogens is 1. The highest BCUT2D eigenvalue weighted by Gasteiger charge is 2.38. The van der Waals surface area contributed by atoms with Crippen LogP contribution < -0.4 is 5.32 Å². The molecule has 2 heterocycles. The SMILES string of the molecule is O=C(Nc1ccc2[nH]ncc2c1)C1CN(Cc2ccccc2)CC1c1ccc(F)cc1. The van der Waals surface area contributed by atoms with Crippen molar-refractivity contribution in [2.75, 3.05) is 18.4 Å². The number of carbonyl (C=O) groups excluding carboxylic acids is 1. The number of hydrogen-bond acceptors (Lipinski definition) is 3. The van der Waals surface area contributed by atoms with E-state index in [9.17, 15) is 9.18 Å². The molecule has 2 unspecified atom stereocenters. The van der Waals surface area contributed by atoms with Crippen LogP contribution in [0, 0.1) is 11.7 Å². The van der Waals surface area contributed by atoms with Crippen LogP contribution >= 0.6 is 0 Å². The Kier molecular flexibility index (Phi) is 5.22. The van der Waals surface area contributed by atoms with Crippen molar-refractivity contribution < 1.29 is 9.18 Å². The fraction of sp³-hybridized carbons (Fsp3) is 0.200. The van der Waals surface area contributed by atoms with Crippen molar-refractivity contribution in [3.63, 3.8) is 0 Å². The number of likely N-dealkylation sites (tertiary alicyclic amines) is 1. The maximum absolute atomic E-state index is 13.5. The number of carbonyl (C=O) groups is 1. The predicted molar refractivity (Wildman–Crippen MR) is 119 cm³/mol. The lowest BCUT2D eigenvalue weighted by Gasteiger charge is -2.18. The minimum absolute atomic E-state index is 0.00182. The van der Waals surface area contributed by atoms with Gasteiger partial charge in [0, 0.05) is 36.6 Å². The molecule has 1 aliphatic rings. The summed E-state index contributed by atoms with van der Waals surface area (Å²) in [7, 11) is 0. The molecule has 3 aromatic carbocycles. The zero-order valence-corrected chi connectivity index (χ0v) is 17.0. The van der Waals surface area contributed by atoms with Crippen molar-refractivity contribution in [2.45, 2.75) is 12.5 Å². The van der Waals surface area contributed by atoms with Gasteiger partial charge < -0.3 is 5.32 Å². The second-order valence-electron chi connectivity index (χ2n) is 8.11. The molecule has 0 spiro atoms. The number of rotatable bonds is 5. The third-order valence-corrected chi connectivity index (χ3v) is 5.99. The van der Waals surface area contributed by atoms with Crippen LogP contribution in [-0.4, -0.2) is 34.1 Å². The van der Waals surface area contributed by atoms with Crippen LogP contribution in [-0.2, 0) is 11.3 Å². The van der Waals surface area contributed by atoms with Gasteiger partial charge in [-0.25, -0.2) is 4.39 Å². The van der Waals surface area contributed by atoms with Gasteiger partial charge in [0.1, 0.15) is 5.82 Å². The number of aromatic nitrogens is 2. The van der Waals surface area contributed by atoms with Crippen molar-refractivity contribution >= 4 is 22.5 Å². The van der Waals surface area contributed by atoms with Gasteiger partial charge in [-0.3, -0.25) is 14.8 Å². The summed E-state index contributed by atoms with van der Waals surface area (Å²) in [4.78, 5) is 15.6. The lowest BCUT2D eigenvalue weighted by atomic mass is 9.88. The second kappa shape index (κ2) is 8.32. The molecule has 0 bridgehead atoms. The third-order valence-electron chi connectivity index (χ3n) is 5.99. The Hall–Kier alpha value is -3.51. The van der Waals surface area contributed by atoms with Gasteiger partial charge in [0.25, 0.3) is 0 Å². The van der Waals surface area contributed by atoms with Crippen LogP contribution in [0.1, 0.15) is 17.0 Å². The van der Waals surface area contributed by atoms with Crippen molar-refractivity contribution in [3.05, 3.63) is 95.9 Å². The molecular weight excluding hydrogens is 391 g/mol. The van der Waals surface area contributed by atoms with Gasteiger partial charge in [-0.1, -0.05) is 42.5 Å². The number of nitrogens with zero attached hydrogens (tertiary/aromatic N) is 2. The van der Waals surface area contributed by atoms with Crippen LogP contribution in [0.5, 0.6) is 0 Å². The number of benzene rings is 3. The maximum Gasteiger partial charge on any atom is 0.229 e. The fourth-order valence-corrected chi connectivity index (χ4v) is 4.42. The first-order valence-corrected chi connectivity index (χ1v) is 10.4. The van der Waals surface area contributed by atoms with E-state index in [0.29, 0.717) is 6.54 Å². The number of hydrogen-bond donors (Lipinski definition) is 2. The van der Waals surface area contributed by atoms with Gasteiger partial charge in [-0.2, -0.15) is 5.10 Å². The van der Waals surface area contributed by atoms with E-state index >= 15 is 0 Å². The first kappa shape index (κ1) is 19.5. The second-order valence-corrected chi connectivity index (χ2v) is 8.11. The summed E-state index contributed by atoms with van der Waals surface area (Å²) in [6, 6.07) is 22.5. The van der Waals surface area contributed by atoms with Crippen LogP contribution in [0.4, 0.5) is 10.1 Å². The minimum atomic E-state index is -0.266. The molecule has 1 aromatic heterocycles. The molecule has 31 heavy (non-hydrogen) atoms. The summed E-state index contributed by atoms with van der Waals surface area (Å²) < 4.78 is 13.5. The number of amides is 1. The molecule has 6 heteroatoms. The molecule has 0 radical (unpaired) electrons. The summed E-state index contributed by atoms with van der Waals surface area (Å²) in [6.45, 7) is 2.18. The van der Waals surface area contributed by atoms with E-state index in [1.54, 1.807) is 18.3 Å². The van der Waals surface area contributed by atoms with Crippen molar-refractivity contribution in [3.8, 4) is 0 Å². The van der Waals surface area contributed by atoms with Gasteiger partial charge in [-0.15, -0.1) is 0 Å². The fourth-order valence-electron chi connectivity index (χ4n) is 4.42. The summed E-state index contributed by atoms with van der Waals surface area (Å²) in [5.74, 6) is -0.513. The molecule has 4 aromatic rings. The van der Waals surface area contributed by atoms with E-state index in [4.69, 9.17) is 0 Å². The Morgan fingerprint density at radius 1 is 1.06 bits per heavy atom. The molecule has 1 saturated heterocycles. The van der Waals surface area contributed by atoms with Crippen molar-refractivity contribution in [1.29, 1.82) is 0 Å². The Morgan fingerprint density at radius 3 is 2.68 bits per heavy atom. The summed E-state index contributed by atoms with van der Waals surface area (Å²) in [5.41, 5.74) is 3.88. The molecule has 5 rings (SSSR count). The summed E-state index contributed by atoms with van der Waals surface area (Å²) >= 11 is 0. The Morgan fingerprint density at radius 2 is 1.87 bits per heavy atom. The number of nitrogens with one attached hydrogen (secondary N) is 2. The van der Waals surface area contributed by atoms with Crippen molar-refractivity contribution in [2.24, 2.45) is 5.92 Å². The average Bonchev–Trinajstić information content (AvgIpc) is 3.42. The monoisotopic (exact) mass is 414 g/mol. The van der Waals surface area contributed by atoms with Crippen molar-refractivity contribution in [1.82, 2.24) is 15.1 Å². The minimum Gasteiger partial charge on any atom is -0.326 e. The van der Waals surface area contributed by atoms with Crippen LogP contribution in [0.2, 0.25) is 0 Å². The number of fused-ring (bicyclic) bond motifs is 1. The maximum atomic E-state index is 13.5. The lowest BCUT2D eigenvalue weighted by molar-refractivity contribution is -0.119. The molecule has 1 aliphatic heterocycles. The molecule has 156 valence electrons. The molecule has 5 nitrogen and oxygen atoms in total. The standard InChI is InChI=1S/C25H23FN4O/c26-20-8-6-18(7-9-20)22-15-30(14-17-4-2-1-3-5-17)16-23(22)25(31)28-21-10-11-24-19(12-21)13-27-29-24/h1-13,22-23H,14-16H2,(H,27,29)(H,28,31).